The summed E-state index contributed by atoms with van der Waals surface area (Å²) in [7, 11) is 0. The van der Waals surface area contributed by atoms with Crippen molar-refractivity contribution in [2.45, 2.75) is 25.4 Å². The highest BCUT2D eigenvalue weighted by molar-refractivity contribution is 6.29. The van der Waals surface area contributed by atoms with Crippen molar-refractivity contribution in [3.63, 3.8) is 0 Å². The van der Waals surface area contributed by atoms with Gasteiger partial charge in [0, 0.05) is 44.5 Å². The third-order valence-corrected chi connectivity index (χ3v) is 11.8. The summed E-state index contributed by atoms with van der Waals surface area (Å²) in [6.07, 6.45) is 16.7. The molecule has 56 heavy (non-hydrogen) atoms. The van der Waals surface area contributed by atoms with Crippen LogP contribution in [0, 0.1) is 5.92 Å². The summed E-state index contributed by atoms with van der Waals surface area (Å²) >= 11 is 0. The molecule has 0 bridgehead atoms. The Labute approximate surface area is 326 Å². The summed E-state index contributed by atoms with van der Waals surface area (Å²) in [5, 5.41) is 8.98. The number of allylic oxidation sites excluding steroid dienone is 8. The Morgan fingerprint density at radius 3 is 1.75 bits per heavy atom. The van der Waals surface area contributed by atoms with E-state index in [1.54, 1.807) is 0 Å². The topological polar surface area (TPSA) is 34.2 Å². The molecule has 0 spiro atoms. The number of hydrogen-bond donors (Lipinski definition) is 1. The number of aliphatic imine (C=N–C) groups is 1. The highest BCUT2D eigenvalue weighted by Gasteiger charge is 2.28. The SMILES string of the molecule is C1=CC(C2N=C(C3=CC=C(c4ccccc4)CC3)C=C(c3ccccc3)N2)CC=C1n1c2ccccc2c2c3c4ccccc4n(-c4ccccc4)c3ccc21. The second-order valence-electron chi connectivity index (χ2n) is 15.1. The van der Waals surface area contributed by atoms with Gasteiger partial charge in [0.2, 0.25) is 0 Å². The molecule has 4 heteroatoms. The van der Waals surface area contributed by atoms with E-state index in [0.29, 0.717) is 0 Å². The summed E-state index contributed by atoms with van der Waals surface area (Å²) in [6.45, 7) is 0. The van der Waals surface area contributed by atoms with Gasteiger partial charge in [0.25, 0.3) is 0 Å². The summed E-state index contributed by atoms with van der Waals surface area (Å²) < 4.78 is 4.87. The second kappa shape index (κ2) is 13.4. The third kappa shape index (κ3) is 5.40. The van der Waals surface area contributed by atoms with Gasteiger partial charge in [-0.3, -0.25) is 4.99 Å². The largest absolute Gasteiger partial charge is 0.363 e. The van der Waals surface area contributed by atoms with Crippen LogP contribution in [-0.4, -0.2) is 21.0 Å². The van der Waals surface area contributed by atoms with E-state index in [1.807, 2.05) is 0 Å². The van der Waals surface area contributed by atoms with E-state index >= 15 is 0 Å². The first-order valence-electron chi connectivity index (χ1n) is 19.7. The lowest BCUT2D eigenvalue weighted by molar-refractivity contribution is 0.470. The van der Waals surface area contributed by atoms with Crippen LogP contribution in [0.4, 0.5) is 0 Å². The van der Waals surface area contributed by atoms with Gasteiger partial charge in [-0.2, -0.15) is 0 Å². The fourth-order valence-corrected chi connectivity index (χ4v) is 9.14. The van der Waals surface area contributed by atoms with Gasteiger partial charge in [-0.05, 0) is 90.1 Å². The van der Waals surface area contributed by atoms with Gasteiger partial charge >= 0.3 is 0 Å². The molecule has 11 rings (SSSR count). The fourth-order valence-electron chi connectivity index (χ4n) is 9.14. The van der Waals surface area contributed by atoms with Crippen molar-refractivity contribution in [2.24, 2.45) is 10.9 Å². The van der Waals surface area contributed by atoms with Crippen LogP contribution in [0.3, 0.4) is 0 Å². The molecule has 3 heterocycles. The Morgan fingerprint density at radius 1 is 0.536 bits per heavy atom. The molecule has 0 fully saturated rings. The summed E-state index contributed by atoms with van der Waals surface area (Å²) in [4.78, 5) is 5.42. The minimum atomic E-state index is -0.0819. The van der Waals surface area contributed by atoms with Gasteiger partial charge in [-0.1, -0.05) is 140 Å². The number of hydrogen-bond acceptors (Lipinski definition) is 2. The molecule has 8 aromatic rings. The predicted octanol–water partition coefficient (Wildman–Crippen LogP) is 12.5. The lowest BCUT2D eigenvalue weighted by atomic mass is 9.89. The van der Waals surface area contributed by atoms with Crippen LogP contribution in [0.2, 0.25) is 0 Å². The minimum Gasteiger partial charge on any atom is -0.363 e. The standard InChI is InChI=1S/C52H40N4/c1-4-14-35(15-5-1)36-24-26-38(27-25-36)45-34-44(37-16-6-2-7-17-37)53-52(54-45)39-28-30-41(31-29-39)56-47-23-13-11-21-43(47)51-49(56)33-32-48-50(51)42-20-10-12-22-46(42)55(48)40-18-8-3-9-19-40/h1-24,26,28,30-34,39,52-53H,25,27,29H2. The molecule has 1 aliphatic heterocycles. The van der Waals surface area contributed by atoms with Gasteiger partial charge in [0.05, 0.1) is 27.8 Å². The van der Waals surface area contributed by atoms with Crippen LogP contribution < -0.4 is 5.32 Å². The van der Waals surface area contributed by atoms with Crippen molar-refractivity contribution >= 4 is 66.3 Å². The molecule has 0 saturated carbocycles. The highest BCUT2D eigenvalue weighted by atomic mass is 15.1. The van der Waals surface area contributed by atoms with Gasteiger partial charge in [0.15, 0.2) is 0 Å². The van der Waals surface area contributed by atoms with E-state index in [1.165, 1.54) is 77.3 Å². The van der Waals surface area contributed by atoms with Crippen LogP contribution >= 0.6 is 0 Å². The maximum absolute atomic E-state index is 5.42. The van der Waals surface area contributed by atoms with Gasteiger partial charge in [0.1, 0.15) is 6.17 Å². The lowest BCUT2D eigenvalue weighted by Gasteiger charge is -2.31. The minimum absolute atomic E-state index is 0.0819. The van der Waals surface area contributed by atoms with Crippen molar-refractivity contribution in [3.8, 4) is 5.69 Å². The molecule has 6 aromatic carbocycles. The third-order valence-electron chi connectivity index (χ3n) is 11.8. The summed E-state index contributed by atoms with van der Waals surface area (Å²) in [6, 6.07) is 54.5. The van der Waals surface area contributed by atoms with E-state index in [-0.39, 0.29) is 12.1 Å². The fraction of sp³-hybridized carbons (Fsp3) is 0.0962. The summed E-state index contributed by atoms with van der Waals surface area (Å²) in [5.74, 6) is 0.199. The molecular formula is C52H40N4. The van der Waals surface area contributed by atoms with Crippen molar-refractivity contribution in [1.82, 2.24) is 14.5 Å². The first-order valence-corrected chi connectivity index (χ1v) is 19.7. The Bertz CT molecular complexity index is 3010. The maximum Gasteiger partial charge on any atom is 0.126 e. The molecule has 2 aliphatic carbocycles. The van der Waals surface area contributed by atoms with Crippen LogP contribution in [0.25, 0.3) is 66.3 Å². The normalized spacial score (nSPS) is 18.4. The Morgan fingerprint density at radius 2 is 1.11 bits per heavy atom. The van der Waals surface area contributed by atoms with Gasteiger partial charge in [-0.15, -0.1) is 0 Å². The quantitative estimate of drug-likeness (QED) is 0.182. The highest BCUT2D eigenvalue weighted by Crippen LogP contribution is 2.43. The summed E-state index contributed by atoms with van der Waals surface area (Å²) in [5.41, 5.74) is 14.6. The zero-order chi connectivity index (χ0) is 37.0. The molecular weight excluding hydrogens is 681 g/mol. The lowest BCUT2D eigenvalue weighted by Crippen LogP contribution is -2.37. The van der Waals surface area contributed by atoms with Crippen molar-refractivity contribution < 1.29 is 0 Å². The van der Waals surface area contributed by atoms with E-state index in [0.717, 1.165) is 30.7 Å². The van der Waals surface area contributed by atoms with Crippen LogP contribution in [0.15, 0.2) is 199 Å². The molecule has 0 radical (unpaired) electrons. The first kappa shape index (κ1) is 32.5. The molecule has 1 N–H and O–H groups in total. The second-order valence-corrected chi connectivity index (χ2v) is 15.1. The van der Waals surface area contributed by atoms with E-state index < -0.39 is 0 Å². The van der Waals surface area contributed by atoms with Gasteiger partial charge < -0.3 is 14.5 Å². The van der Waals surface area contributed by atoms with Crippen LogP contribution in [-0.2, 0) is 0 Å². The van der Waals surface area contributed by atoms with E-state index in [4.69, 9.17) is 4.99 Å². The van der Waals surface area contributed by atoms with Crippen LogP contribution in [0.5, 0.6) is 0 Å². The molecule has 3 aliphatic rings. The van der Waals surface area contributed by atoms with Crippen LogP contribution in [0.1, 0.15) is 30.4 Å². The molecule has 4 nitrogen and oxygen atoms in total. The first-order chi connectivity index (χ1) is 27.8. The van der Waals surface area contributed by atoms with E-state index in [2.05, 4.69) is 203 Å². The van der Waals surface area contributed by atoms with Crippen molar-refractivity contribution in [1.29, 1.82) is 0 Å². The smallest absolute Gasteiger partial charge is 0.126 e. The zero-order valence-corrected chi connectivity index (χ0v) is 31.0. The average molecular weight is 721 g/mol. The molecule has 2 atom stereocenters. The number of aromatic nitrogens is 2. The Balaban J connectivity index is 0.978. The Kier molecular flexibility index (Phi) is 7.80. The number of nitrogens with one attached hydrogen (secondary N) is 1. The zero-order valence-electron chi connectivity index (χ0n) is 31.0. The number of para-hydroxylation sites is 3. The maximum atomic E-state index is 5.42. The molecule has 2 aromatic heterocycles. The van der Waals surface area contributed by atoms with E-state index in [9.17, 15) is 0 Å². The average Bonchev–Trinajstić information content (AvgIpc) is 3.80. The molecule has 268 valence electrons. The number of benzene rings is 6. The molecule has 0 amide bonds. The Hall–Kier alpha value is -6.91. The molecule has 0 saturated heterocycles. The predicted molar refractivity (Wildman–Crippen MR) is 236 cm³/mol. The monoisotopic (exact) mass is 720 g/mol. The van der Waals surface area contributed by atoms with Crippen molar-refractivity contribution in [2.75, 3.05) is 0 Å². The van der Waals surface area contributed by atoms with Crippen molar-refractivity contribution in [3.05, 3.63) is 205 Å². The number of fused-ring (bicyclic) bond motifs is 7. The molecule has 2 unspecified atom stereocenters. The number of rotatable bonds is 6. The van der Waals surface area contributed by atoms with Gasteiger partial charge in [-0.25, -0.2) is 0 Å². The number of nitrogens with zero attached hydrogens (tertiary/aromatic N) is 3.